The average molecular weight is 519 g/mol. The van der Waals surface area contributed by atoms with Crippen molar-refractivity contribution in [1.82, 2.24) is 0 Å². The van der Waals surface area contributed by atoms with Gasteiger partial charge in [-0.2, -0.15) is 0 Å². The normalized spacial score (nSPS) is 13.7. The minimum absolute atomic E-state index is 0. The second-order valence-electron chi connectivity index (χ2n) is 13.6. The first-order chi connectivity index (χ1) is 15.0. The Balaban J connectivity index is 0.00000612. The fraction of sp³-hybridized carbons (Fsp3) is 0.586. The summed E-state index contributed by atoms with van der Waals surface area (Å²) in [6, 6.07) is 12.4. The van der Waals surface area contributed by atoms with Crippen molar-refractivity contribution in [3.8, 4) is 0 Å². The van der Waals surface area contributed by atoms with Gasteiger partial charge >= 0.3 is 7.82 Å². The van der Waals surface area contributed by atoms with Gasteiger partial charge < -0.3 is 9.79 Å². The number of phosphoric ester groups is 1. The Hall–Kier alpha value is -0.918. The largest absolute Gasteiger partial charge is 0.470 e. The average Bonchev–Trinajstić information content (AvgIpc) is 2.61. The number of hydrogen-bond donors (Lipinski definition) is 2. The molecule has 0 fully saturated rings. The second-order valence-corrected chi connectivity index (χ2v) is 14.8. The summed E-state index contributed by atoms with van der Waals surface area (Å²) in [6.45, 7) is 25.8. The van der Waals surface area contributed by atoms with Gasteiger partial charge in [-0.05, 0) is 55.0 Å². The van der Waals surface area contributed by atoms with Crippen molar-refractivity contribution in [2.24, 2.45) is 0 Å². The van der Waals surface area contributed by atoms with Crippen molar-refractivity contribution < 1.29 is 18.9 Å². The van der Waals surface area contributed by atoms with Crippen LogP contribution in [0.2, 0.25) is 0 Å². The summed E-state index contributed by atoms with van der Waals surface area (Å²) in [7, 11) is -4.79. The molecule has 0 aliphatic carbocycles. The van der Waals surface area contributed by atoms with E-state index in [9.17, 15) is 14.4 Å². The maximum Gasteiger partial charge on any atom is 0.470 e. The summed E-state index contributed by atoms with van der Waals surface area (Å²) in [4.78, 5) is 19.9. The van der Waals surface area contributed by atoms with E-state index in [1.807, 2.05) is 12.1 Å². The van der Waals surface area contributed by atoms with E-state index in [-0.39, 0.29) is 39.0 Å². The highest BCUT2D eigenvalue weighted by Gasteiger charge is 2.34. The van der Waals surface area contributed by atoms with Crippen LogP contribution in [0.15, 0.2) is 36.4 Å². The highest BCUT2D eigenvalue weighted by atomic mass is 31.2. The van der Waals surface area contributed by atoms with Gasteiger partial charge in [0.05, 0.1) is 0 Å². The molecule has 0 bridgehead atoms. The molecule has 2 aromatic rings. The van der Waals surface area contributed by atoms with Crippen LogP contribution >= 0.6 is 7.82 Å². The Morgan fingerprint density at radius 3 is 1.17 bits per heavy atom. The van der Waals surface area contributed by atoms with Gasteiger partial charge in [0.1, 0.15) is 6.10 Å². The van der Waals surface area contributed by atoms with Crippen molar-refractivity contribution in [3.63, 3.8) is 0 Å². The minimum atomic E-state index is -4.79. The predicted molar refractivity (Wildman–Crippen MR) is 153 cm³/mol. The molecule has 0 atom stereocenters. The maximum atomic E-state index is 12.2. The fourth-order valence-corrected chi connectivity index (χ4v) is 4.72. The summed E-state index contributed by atoms with van der Waals surface area (Å²) >= 11 is 0. The van der Waals surface area contributed by atoms with Gasteiger partial charge in [-0.15, -0.1) is 0 Å². The Bertz CT molecular complexity index is 998. The molecule has 6 heteroatoms. The quantitative estimate of drug-likeness (QED) is 0.342. The SMILES string of the molecule is CC(C)(C)c1ccc(C(OP(=O)(O)O)c2ccc(C(C)(C)C)cc2C(C)(C)C)c(C(C)(C)C)c1.[AlH3]. The van der Waals surface area contributed by atoms with Crippen LogP contribution in [0.3, 0.4) is 0 Å². The van der Waals surface area contributed by atoms with E-state index in [4.69, 9.17) is 4.52 Å². The van der Waals surface area contributed by atoms with E-state index in [1.54, 1.807) is 0 Å². The fourth-order valence-electron chi connectivity index (χ4n) is 4.22. The van der Waals surface area contributed by atoms with E-state index in [0.717, 1.165) is 22.3 Å². The molecule has 2 N–H and O–H groups in total. The molecular weight excluding hydrogens is 470 g/mol. The molecule has 4 nitrogen and oxygen atoms in total. The molecule has 0 radical (unpaired) electrons. The first-order valence-electron chi connectivity index (χ1n) is 12.1. The summed E-state index contributed by atoms with van der Waals surface area (Å²) in [6.07, 6.45) is -0.896. The Morgan fingerprint density at radius 2 is 0.943 bits per heavy atom. The van der Waals surface area contributed by atoms with Crippen LogP contribution in [0.25, 0.3) is 0 Å². The molecule has 0 aliphatic rings. The molecule has 2 rings (SSSR count). The van der Waals surface area contributed by atoms with Crippen LogP contribution in [-0.4, -0.2) is 27.1 Å². The van der Waals surface area contributed by atoms with E-state index < -0.39 is 13.9 Å². The lowest BCUT2D eigenvalue weighted by atomic mass is 9.74. The zero-order valence-electron chi connectivity index (χ0n) is 23.2. The van der Waals surface area contributed by atoms with Gasteiger partial charge in [-0.25, -0.2) is 4.57 Å². The molecule has 196 valence electrons. The molecule has 0 heterocycles. The van der Waals surface area contributed by atoms with Crippen molar-refractivity contribution in [1.29, 1.82) is 0 Å². The standard InChI is InChI=1S/C29H45O4P.Al.3H/c1-26(2,3)19-13-15-21(23(17-19)28(7,8)9)25(33-34(30,31)32)22-16-14-20(27(4,5)6)18-24(22)29(10,11)12;;;;/h13-18,25H,1-12H3,(H2,30,31,32);;;;. The van der Waals surface area contributed by atoms with Gasteiger partial charge in [-0.1, -0.05) is 119 Å². The predicted octanol–water partition coefficient (Wildman–Crippen LogP) is 6.89. The lowest BCUT2D eigenvalue weighted by molar-refractivity contribution is 0.155. The monoisotopic (exact) mass is 518 g/mol. The smallest absolute Gasteiger partial charge is 0.303 e. The minimum Gasteiger partial charge on any atom is -0.303 e. The number of phosphoric acid groups is 1. The third-order valence-corrected chi connectivity index (χ3v) is 6.75. The molecule has 35 heavy (non-hydrogen) atoms. The second kappa shape index (κ2) is 10.5. The number of hydrogen-bond acceptors (Lipinski definition) is 2. The highest BCUT2D eigenvalue weighted by molar-refractivity contribution is 7.46. The van der Waals surface area contributed by atoms with Crippen molar-refractivity contribution in [2.45, 2.75) is 111 Å². The third kappa shape index (κ3) is 8.29. The van der Waals surface area contributed by atoms with E-state index in [1.165, 1.54) is 11.1 Å². The maximum absolute atomic E-state index is 12.2. The van der Waals surface area contributed by atoms with E-state index in [2.05, 4.69) is 107 Å². The summed E-state index contributed by atoms with van der Waals surface area (Å²) in [5, 5.41) is 0. The first kappa shape index (κ1) is 32.1. The Morgan fingerprint density at radius 1 is 0.629 bits per heavy atom. The van der Waals surface area contributed by atoms with E-state index >= 15 is 0 Å². The van der Waals surface area contributed by atoms with Crippen molar-refractivity contribution >= 4 is 25.2 Å². The van der Waals surface area contributed by atoms with Crippen LogP contribution in [0.1, 0.15) is 123 Å². The summed E-state index contributed by atoms with van der Waals surface area (Å²) in [5.74, 6) is 0. The molecule has 2 aromatic carbocycles. The Labute approximate surface area is 224 Å². The highest BCUT2D eigenvalue weighted by Crippen LogP contribution is 2.49. The number of benzene rings is 2. The van der Waals surface area contributed by atoms with Crippen LogP contribution in [0.4, 0.5) is 0 Å². The molecular formula is C29H48AlO4P. The first-order valence-corrected chi connectivity index (χ1v) is 13.6. The van der Waals surface area contributed by atoms with Crippen LogP contribution in [0.5, 0.6) is 0 Å². The van der Waals surface area contributed by atoms with Crippen molar-refractivity contribution in [3.05, 3.63) is 69.8 Å². The lowest BCUT2D eigenvalue weighted by Gasteiger charge is -2.34. The molecule has 0 aliphatic heterocycles. The van der Waals surface area contributed by atoms with Gasteiger partial charge in [0, 0.05) is 0 Å². The third-order valence-electron chi connectivity index (χ3n) is 6.26. The van der Waals surface area contributed by atoms with Gasteiger partial charge in [0.2, 0.25) is 0 Å². The van der Waals surface area contributed by atoms with Gasteiger partial charge in [0.15, 0.2) is 17.4 Å². The molecule has 0 saturated heterocycles. The summed E-state index contributed by atoms with van der Waals surface area (Å²) in [5.41, 5.74) is 5.38. The topological polar surface area (TPSA) is 66.8 Å². The zero-order chi connectivity index (χ0) is 26.5. The molecule has 0 saturated carbocycles. The van der Waals surface area contributed by atoms with Crippen LogP contribution < -0.4 is 0 Å². The molecule has 0 spiro atoms. The summed E-state index contributed by atoms with van der Waals surface area (Å²) < 4.78 is 17.8. The van der Waals surface area contributed by atoms with Gasteiger partial charge in [0.25, 0.3) is 0 Å². The number of rotatable bonds is 4. The van der Waals surface area contributed by atoms with Crippen LogP contribution in [0, 0.1) is 0 Å². The van der Waals surface area contributed by atoms with Crippen LogP contribution in [-0.2, 0) is 30.7 Å². The molecule has 0 amide bonds. The van der Waals surface area contributed by atoms with Gasteiger partial charge in [-0.3, -0.25) is 4.52 Å². The molecule has 0 unspecified atom stereocenters. The molecule has 0 aromatic heterocycles. The Kier molecular flexibility index (Phi) is 9.59. The zero-order valence-corrected chi connectivity index (χ0v) is 24.1. The van der Waals surface area contributed by atoms with E-state index in [0.29, 0.717) is 0 Å². The lowest BCUT2D eigenvalue weighted by Crippen LogP contribution is -2.23. The van der Waals surface area contributed by atoms with Crippen molar-refractivity contribution in [2.75, 3.05) is 0 Å².